The fraction of sp³-hybridized carbons (Fsp3) is 0.375. The van der Waals surface area contributed by atoms with Gasteiger partial charge in [0, 0.05) is 49.6 Å². The number of piperidine rings is 1. The Morgan fingerprint density at radius 3 is 2.36 bits per heavy atom. The molecule has 3 aromatic carbocycles. The Labute approximate surface area is 259 Å². The van der Waals surface area contributed by atoms with Gasteiger partial charge in [0.25, 0.3) is 5.91 Å². The van der Waals surface area contributed by atoms with Gasteiger partial charge < -0.3 is 14.7 Å². The number of carbonyl (C=O) groups excluding carboxylic acids is 2. The first-order valence-corrected chi connectivity index (χ1v) is 15.1. The maximum absolute atomic E-state index is 14.3. The van der Waals surface area contributed by atoms with Crippen molar-refractivity contribution in [3.8, 4) is 0 Å². The molecule has 1 spiro atoms. The lowest BCUT2D eigenvalue weighted by molar-refractivity contribution is -0.116. The van der Waals surface area contributed by atoms with Gasteiger partial charge in [-0.2, -0.15) is 0 Å². The van der Waals surface area contributed by atoms with Gasteiger partial charge in [0.2, 0.25) is 5.91 Å². The second-order valence-electron chi connectivity index (χ2n) is 11.4. The van der Waals surface area contributed by atoms with Gasteiger partial charge in [0.1, 0.15) is 11.6 Å². The number of benzene rings is 3. The van der Waals surface area contributed by atoms with Crippen LogP contribution in [0.1, 0.15) is 53.6 Å². The molecule has 0 radical (unpaired) electrons. The summed E-state index contributed by atoms with van der Waals surface area (Å²) in [5.41, 5.74) is 2.75. The quantitative estimate of drug-likeness (QED) is 0.269. The summed E-state index contributed by atoms with van der Waals surface area (Å²) in [6, 6.07) is 14.2. The molecule has 5 nitrogen and oxygen atoms in total. The summed E-state index contributed by atoms with van der Waals surface area (Å²) in [6.45, 7) is 4.91. The van der Waals surface area contributed by atoms with E-state index in [1.54, 1.807) is 42.0 Å². The molecule has 5 rings (SSSR count). The molecule has 2 aliphatic heterocycles. The van der Waals surface area contributed by atoms with E-state index in [1.807, 2.05) is 12.1 Å². The number of likely N-dealkylation sites (N-methyl/N-ethyl adjacent to an activating group) is 1. The molecule has 1 unspecified atom stereocenters. The van der Waals surface area contributed by atoms with Crippen molar-refractivity contribution in [3.63, 3.8) is 0 Å². The van der Waals surface area contributed by atoms with Crippen LogP contribution < -0.4 is 4.90 Å². The van der Waals surface area contributed by atoms with Crippen LogP contribution in [0.25, 0.3) is 0 Å². The van der Waals surface area contributed by atoms with Crippen molar-refractivity contribution in [2.24, 2.45) is 0 Å². The van der Waals surface area contributed by atoms with Crippen molar-refractivity contribution in [1.29, 1.82) is 0 Å². The zero-order chi connectivity index (χ0) is 30.2. The van der Waals surface area contributed by atoms with E-state index in [0.29, 0.717) is 28.7 Å². The predicted octanol–water partition coefficient (Wildman–Crippen LogP) is 7.57. The molecular formula is C32H32Cl3F2N3O2. The molecule has 0 aromatic heterocycles. The molecule has 2 heterocycles. The number of likely N-dealkylation sites (tertiary alicyclic amines) is 1. The third kappa shape index (κ3) is 6.30. The molecular weight excluding hydrogens is 603 g/mol. The van der Waals surface area contributed by atoms with Crippen molar-refractivity contribution >= 4 is 52.3 Å². The molecule has 0 saturated carbocycles. The van der Waals surface area contributed by atoms with Gasteiger partial charge in [-0.3, -0.25) is 9.59 Å². The van der Waals surface area contributed by atoms with Crippen LogP contribution >= 0.6 is 34.8 Å². The van der Waals surface area contributed by atoms with E-state index in [9.17, 15) is 18.4 Å². The predicted molar refractivity (Wildman–Crippen MR) is 164 cm³/mol. The van der Waals surface area contributed by atoms with Gasteiger partial charge in [-0.15, -0.1) is 0 Å². The zero-order valence-electron chi connectivity index (χ0n) is 23.5. The largest absolute Gasteiger partial charge is 0.341 e. The van der Waals surface area contributed by atoms with Crippen molar-refractivity contribution in [2.45, 2.75) is 37.5 Å². The van der Waals surface area contributed by atoms with Crippen molar-refractivity contribution < 1.29 is 18.4 Å². The van der Waals surface area contributed by atoms with Crippen molar-refractivity contribution in [2.75, 3.05) is 44.7 Å². The van der Waals surface area contributed by atoms with E-state index in [4.69, 9.17) is 34.8 Å². The summed E-state index contributed by atoms with van der Waals surface area (Å²) >= 11 is 18.5. The Balaban J connectivity index is 1.28. The SMILES string of the molecule is CC(=O)N1CC2(CCN(CCC(CN(C)C(=O)c3ccc(F)c(Cl)c3)c3ccc(Cl)c(Cl)c3)CC2)c2cc(F)ccc21. The lowest BCUT2D eigenvalue weighted by atomic mass is 9.74. The Hall–Kier alpha value is -2.71. The first kappa shape index (κ1) is 30.7. The second-order valence-corrected chi connectivity index (χ2v) is 12.6. The van der Waals surface area contributed by atoms with E-state index < -0.39 is 5.82 Å². The van der Waals surface area contributed by atoms with E-state index in [-0.39, 0.29) is 34.0 Å². The average Bonchev–Trinajstić information content (AvgIpc) is 3.27. The smallest absolute Gasteiger partial charge is 0.253 e. The summed E-state index contributed by atoms with van der Waals surface area (Å²) in [6.07, 6.45) is 2.38. The molecule has 0 bridgehead atoms. The normalized spacial score (nSPS) is 16.9. The van der Waals surface area contributed by atoms with Crippen LogP contribution in [0.4, 0.5) is 14.5 Å². The van der Waals surface area contributed by atoms with Gasteiger partial charge in [-0.1, -0.05) is 40.9 Å². The number of carbonyl (C=O) groups is 2. The standard InChI is InChI=1S/C32H32Cl3F2N3O2/c1-20(41)40-19-32(25-17-24(36)5-8-30(25)40)10-13-39(14-11-32)12-9-23(21-3-6-26(33)27(34)15-21)18-38(2)31(42)22-4-7-29(37)28(35)16-22/h3-8,15-17,23H,9-14,18-19H2,1-2H3. The lowest BCUT2D eigenvalue weighted by Gasteiger charge is -2.40. The maximum atomic E-state index is 14.3. The molecule has 10 heteroatoms. The van der Waals surface area contributed by atoms with Crippen LogP contribution in [0.3, 0.4) is 0 Å². The Morgan fingerprint density at radius 1 is 0.952 bits per heavy atom. The number of nitrogens with zero attached hydrogens (tertiary/aromatic N) is 3. The van der Waals surface area contributed by atoms with Crippen LogP contribution in [0.2, 0.25) is 15.1 Å². The number of fused-ring (bicyclic) bond motifs is 2. The van der Waals surface area contributed by atoms with Crippen LogP contribution in [0.5, 0.6) is 0 Å². The highest BCUT2D eigenvalue weighted by Gasteiger charge is 2.45. The maximum Gasteiger partial charge on any atom is 0.253 e. The van der Waals surface area contributed by atoms with Crippen LogP contribution in [0, 0.1) is 11.6 Å². The highest BCUT2D eigenvalue weighted by Crippen LogP contribution is 2.47. The van der Waals surface area contributed by atoms with E-state index in [0.717, 1.165) is 55.7 Å². The van der Waals surface area contributed by atoms with Crippen LogP contribution in [-0.2, 0) is 10.2 Å². The van der Waals surface area contributed by atoms with E-state index in [1.165, 1.54) is 24.3 Å². The molecule has 222 valence electrons. The molecule has 2 amide bonds. The number of amides is 2. The summed E-state index contributed by atoms with van der Waals surface area (Å²) in [5, 5.41) is 0.802. The first-order valence-electron chi connectivity index (χ1n) is 13.9. The highest BCUT2D eigenvalue weighted by molar-refractivity contribution is 6.42. The molecule has 0 aliphatic carbocycles. The van der Waals surface area contributed by atoms with Crippen molar-refractivity contribution in [1.82, 2.24) is 9.80 Å². The van der Waals surface area contributed by atoms with E-state index in [2.05, 4.69) is 4.90 Å². The summed E-state index contributed by atoms with van der Waals surface area (Å²) in [7, 11) is 1.71. The van der Waals surface area contributed by atoms with E-state index >= 15 is 0 Å². The summed E-state index contributed by atoms with van der Waals surface area (Å²) in [5.74, 6) is -1.20. The van der Waals surface area contributed by atoms with Gasteiger partial charge in [0.05, 0.1) is 15.1 Å². The Bertz CT molecular complexity index is 1510. The third-order valence-electron chi connectivity index (χ3n) is 8.69. The first-order chi connectivity index (χ1) is 20.0. The number of halogens is 5. The lowest BCUT2D eigenvalue weighted by Crippen LogP contribution is -2.46. The minimum absolute atomic E-state index is 0.0341. The van der Waals surface area contributed by atoms with Gasteiger partial charge in [-0.25, -0.2) is 8.78 Å². The van der Waals surface area contributed by atoms with Crippen LogP contribution in [-0.4, -0.2) is 61.4 Å². The molecule has 42 heavy (non-hydrogen) atoms. The Kier molecular flexibility index (Phi) is 9.14. The fourth-order valence-corrected chi connectivity index (χ4v) is 6.77. The van der Waals surface area contributed by atoms with Crippen molar-refractivity contribution in [3.05, 3.63) is 98.0 Å². The summed E-state index contributed by atoms with van der Waals surface area (Å²) < 4.78 is 27.9. The monoisotopic (exact) mass is 633 g/mol. The zero-order valence-corrected chi connectivity index (χ0v) is 25.7. The minimum atomic E-state index is -0.576. The number of hydrogen-bond acceptors (Lipinski definition) is 3. The third-order valence-corrected chi connectivity index (χ3v) is 9.72. The molecule has 0 N–H and O–H groups in total. The molecule has 3 aromatic rings. The molecule has 2 aliphatic rings. The van der Waals surface area contributed by atoms with Gasteiger partial charge in [0.15, 0.2) is 0 Å². The number of anilines is 1. The highest BCUT2D eigenvalue weighted by atomic mass is 35.5. The summed E-state index contributed by atoms with van der Waals surface area (Å²) in [4.78, 5) is 31.3. The fourth-order valence-electron chi connectivity index (χ4n) is 6.29. The molecule has 1 fully saturated rings. The van der Waals surface area contributed by atoms with Gasteiger partial charge >= 0.3 is 0 Å². The van der Waals surface area contributed by atoms with Crippen LogP contribution in [0.15, 0.2) is 54.6 Å². The number of hydrogen-bond donors (Lipinski definition) is 0. The Morgan fingerprint density at radius 2 is 1.69 bits per heavy atom. The topological polar surface area (TPSA) is 43.9 Å². The van der Waals surface area contributed by atoms with Gasteiger partial charge in [-0.05, 0) is 98.6 Å². The molecule has 1 atom stereocenters. The number of rotatable bonds is 7. The minimum Gasteiger partial charge on any atom is -0.341 e. The second kappa shape index (κ2) is 12.5. The average molecular weight is 635 g/mol. The molecule has 1 saturated heterocycles.